The number of anilines is 1. The van der Waals surface area contributed by atoms with E-state index < -0.39 is 0 Å². The molecule has 1 fully saturated rings. The number of aliphatic hydroxyl groups is 1. The number of H-pyrrole nitrogens is 1. The smallest absolute Gasteiger partial charge is 0.163 e. The van der Waals surface area contributed by atoms with Crippen LogP contribution in [0.1, 0.15) is 36.2 Å². The first-order valence-electron chi connectivity index (χ1n) is 10.6. The van der Waals surface area contributed by atoms with E-state index in [4.69, 9.17) is 9.97 Å². The number of nitrogens with zero attached hydrogens (tertiary/aromatic N) is 5. The number of piperidine rings is 1. The number of hydrogen-bond acceptors (Lipinski definition) is 7. The van der Waals surface area contributed by atoms with Crippen molar-refractivity contribution in [2.24, 2.45) is 0 Å². The van der Waals surface area contributed by atoms with Crippen LogP contribution < -0.4 is 5.32 Å². The molecule has 0 bridgehead atoms. The molecule has 1 spiro atoms. The van der Waals surface area contributed by atoms with E-state index in [0.29, 0.717) is 12.4 Å². The molecule has 8 nitrogen and oxygen atoms in total. The second-order valence-corrected chi connectivity index (χ2v) is 8.29. The Morgan fingerprint density at radius 2 is 2.17 bits per heavy atom. The lowest BCUT2D eigenvalue weighted by molar-refractivity contribution is 0.135. The van der Waals surface area contributed by atoms with Crippen LogP contribution in [0, 0.1) is 0 Å². The summed E-state index contributed by atoms with van der Waals surface area (Å²) in [6, 6.07) is 3.91. The highest BCUT2D eigenvalue weighted by molar-refractivity contribution is 5.61. The summed E-state index contributed by atoms with van der Waals surface area (Å²) in [5, 5.41) is 12.7. The van der Waals surface area contributed by atoms with Gasteiger partial charge in [0.25, 0.3) is 0 Å². The third-order valence-electron chi connectivity index (χ3n) is 6.29. The highest BCUT2D eigenvalue weighted by Gasteiger charge is 2.45. The average molecular weight is 406 g/mol. The summed E-state index contributed by atoms with van der Waals surface area (Å²) in [5.41, 5.74) is 4.49. The number of rotatable bonds is 6. The van der Waals surface area contributed by atoms with Crippen molar-refractivity contribution in [3.8, 4) is 11.4 Å². The van der Waals surface area contributed by atoms with Gasteiger partial charge in [-0.25, -0.2) is 15.0 Å². The first kappa shape index (κ1) is 19.1. The highest BCUT2D eigenvalue weighted by atomic mass is 16.3. The van der Waals surface area contributed by atoms with Crippen molar-refractivity contribution in [3.63, 3.8) is 0 Å². The Morgan fingerprint density at radius 3 is 2.97 bits per heavy atom. The van der Waals surface area contributed by atoms with Crippen LogP contribution >= 0.6 is 0 Å². The lowest BCUT2D eigenvalue weighted by Crippen LogP contribution is -2.45. The maximum Gasteiger partial charge on any atom is 0.163 e. The fraction of sp³-hybridized carbons (Fsp3) is 0.455. The Kier molecular flexibility index (Phi) is 5.18. The fourth-order valence-corrected chi connectivity index (χ4v) is 4.96. The normalized spacial score (nSPS) is 21.1. The molecular formula is C22H27N7O. The molecule has 8 heteroatoms. The second-order valence-electron chi connectivity index (χ2n) is 8.29. The Balaban J connectivity index is 1.51. The molecule has 1 atom stereocenters. The van der Waals surface area contributed by atoms with Crippen LogP contribution in [0.3, 0.4) is 0 Å². The molecule has 2 aliphatic rings. The molecule has 0 saturated carbocycles. The van der Waals surface area contributed by atoms with Crippen molar-refractivity contribution in [1.29, 1.82) is 0 Å². The molecule has 1 aliphatic carbocycles. The van der Waals surface area contributed by atoms with Crippen LogP contribution in [0.4, 0.5) is 5.82 Å². The number of imidazole rings is 1. The molecule has 3 N–H and O–H groups in total. The maximum atomic E-state index is 9.33. The SMILES string of the molecule is OCCNc1nc(-c2cccnc2)nc2c1CCC21CCCN(Cc2cnc[nH]2)C1. The quantitative estimate of drug-likeness (QED) is 0.577. The van der Waals surface area contributed by atoms with Gasteiger partial charge in [0.2, 0.25) is 0 Å². The number of aromatic nitrogens is 5. The van der Waals surface area contributed by atoms with Gasteiger partial charge >= 0.3 is 0 Å². The number of fused-ring (bicyclic) bond motifs is 2. The lowest BCUT2D eigenvalue weighted by atomic mass is 9.77. The van der Waals surface area contributed by atoms with E-state index >= 15 is 0 Å². The van der Waals surface area contributed by atoms with Crippen LogP contribution in [0.5, 0.6) is 0 Å². The zero-order valence-electron chi connectivity index (χ0n) is 17.0. The van der Waals surface area contributed by atoms with E-state index in [1.807, 2.05) is 24.5 Å². The predicted molar refractivity (Wildman–Crippen MR) is 114 cm³/mol. The van der Waals surface area contributed by atoms with Crippen molar-refractivity contribution < 1.29 is 5.11 Å². The Bertz CT molecular complexity index is 992. The van der Waals surface area contributed by atoms with Crippen molar-refractivity contribution >= 4 is 5.82 Å². The molecule has 1 unspecified atom stereocenters. The number of hydrogen-bond donors (Lipinski definition) is 3. The van der Waals surface area contributed by atoms with E-state index in [9.17, 15) is 5.11 Å². The minimum absolute atomic E-state index is 0.0448. The van der Waals surface area contributed by atoms with Gasteiger partial charge < -0.3 is 15.4 Å². The summed E-state index contributed by atoms with van der Waals surface area (Å²) in [4.78, 5) is 24.1. The van der Waals surface area contributed by atoms with Crippen molar-refractivity contribution in [2.45, 2.75) is 37.6 Å². The number of pyridine rings is 1. The minimum Gasteiger partial charge on any atom is -0.395 e. The summed E-state index contributed by atoms with van der Waals surface area (Å²) in [7, 11) is 0. The van der Waals surface area contributed by atoms with E-state index in [-0.39, 0.29) is 12.0 Å². The number of likely N-dealkylation sites (tertiary alicyclic amines) is 1. The van der Waals surface area contributed by atoms with Crippen molar-refractivity contribution in [1.82, 2.24) is 29.8 Å². The van der Waals surface area contributed by atoms with E-state index in [1.54, 1.807) is 12.5 Å². The molecule has 3 aromatic rings. The molecule has 1 aliphatic heterocycles. The molecule has 4 heterocycles. The summed E-state index contributed by atoms with van der Waals surface area (Å²) in [5.74, 6) is 1.56. The lowest BCUT2D eigenvalue weighted by Gasteiger charge is -2.40. The monoisotopic (exact) mass is 405 g/mol. The van der Waals surface area contributed by atoms with Gasteiger partial charge in [-0.3, -0.25) is 9.88 Å². The molecular weight excluding hydrogens is 378 g/mol. The van der Waals surface area contributed by atoms with Gasteiger partial charge in [-0.1, -0.05) is 0 Å². The standard InChI is InChI=1S/C22H27N7O/c30-10-8-25-21-18-4-6-22(5-2-9-29(14-22)13-17-12-24-15-26-17)19(18)27-20(28-21)16-3-1-7-23-11-16/h1,3,7,11-12,15,30H,2,4-6,8-10,13-14H2,(H,24,26)(H,25,27,28). The Labute approximate surface area is 175 Å². The number of aromatic amines is 1. The Morgan fingerprint density at radius 1 is 1.20 bits per heavy atom. The predicted octanol–water partition coefficient (Wildman–Crippen LogP) is 2.15. The second kappa shape index (κ2) is 8.12. The third kappa shape index (κ3) is 3.57. The molecule has 156 valence electrons. The summed E-state index contributed by atoms with van der Waals surface area (Å²) >= 11 is 0. The van der Waals surface area contributed by atoms with E-state index in [1.165, 1.54) is 11.3 Å². The molecule has 30 heavy (non-hydrogen) atoms. The average Bonchev–Trinajstić information content (AvgIpc) is 3.41. The molecule has 5 rings (SSSR count). The van der Waals surface area contributed by atoms with Gasteiger partial charge in [-0.15, -0.1) is 0 Å². The zero-order valence-corrected chi connectivity index (χ0v) is 17.0. The minimum atomic E-state index is 0.0448. The fourth-order valence-electron chi connectivity index (χ4n) is 4.96. The zero-order chi connectivity index (χ0) is 20.4. The summed E-state index contributed by atoms with van der Waals surface area (Å²) in [6.07, 6.45) is 11.6. The highest BCUT2D eigenvalue weighted by Crippen LogP contribution is 2.46. The van der Waals surface area contributed by atoms with Gasteiger partial charge in [0.05, 0.1) is 18.6 Å². The first-order chi connectivity index (χ1) is 14.8. The molecule has 0 amide bonds. The van der Waals surface area contributed by atoms with Crippen LogP contribution in [-0.2, 0) is 18.4 Å². The topological polar surface area (TPSA) is 103 Å². The summed E-state index contributed by atoms with van der Waals surface area (Å²) < 4.78 is 0. The number of nitrogens with one attached hydrogen (secondary N) is 2. The number of aliphatic hydroxyl groups excluding tert-OH is 1. The third-order valence-corrected chi connectivity index (χ3v) is 6.29. The van der Waals surface area contributed by atoms with Crippen LogP contribution in [0.15, 0.2) is 37.1 Å². The molecule has 0 aromatic carbocycles. The van der Waals surface area contributed by atoms with E-state index in [2.05, 4.69) is 25.2 Å². The maximum absolute atomic E-state index is 9.33. The Hall–Kier alpha value is -2.84. The summed E-state index contributed by atoms with van der Waals surface area (Å²) in [6.45, 7) is 3.51. The van der Waals surface area contributed by atoms with Gasteiger partial charge in [0.15, 0.2) is 5.82 Å². The van der Waals surface area contributed by atoms with Crippen molar-refractivity contribution in [3.05, 3.63) is 54.0 Å². The first-order valence-corrected chi connectivity index (χ1v) is 10.6. The van der Waals surface area contributed by atoms with Gasteiger partial charge in [0.1, 0.15) is 5.82 Å². The van der Waals surface area contributed by atoms with Gasteiger partial charge in [-0.05, 0) is 44.4 Å². The van der Waals surface area contributed by atoms with Crippen LogP contribution in [-0.4, -0.2) is 61.2 Å². The molecule has 0 radical (unpaired) electrons. The van der Waals surface area contributed by atoms with Crippen LogP contribution in [0.2, 0.25) is 0 Å². The largest absolute Gasteiger partial charge is 0.395 e. The molecule has 3 aromatic heterocycles. The van der Waals surface area contributed by atoms with Gasteiger partial charge in [-0.2, -0.15) is 0 Å². The molecule has 1 saturated heterocycles. The van der Waals surface area contributed by atoms with E-state index in [0.717, 1.165) is 62.4 Å². The van der Waals surface area contributed by atoms with Crippen LogP contribution in [0.25, 0.3) is 11.4 Å². The van der Waals surface area contributed by atoms with Crippen molar-refractivity contribution in [2.75, 3.05) is 31.6 Å². The van der Waals surface area contributed by atoms with Gasteiger partial charge in [0, 0.05) is 60.5 Å².